The molecule has 1 unspecified atom stereocenters. The first kappa shape index (κ1) is 16.2. The molecule has 0 fully saturated rings. The molecule has 0 aliphatic carbocycles. The molecule has 3 aromatic rings. The van der Waals surface area contributed by atoms with Crippen molar-refractivity contribution in [3.63, 3.8) is 0 Å². The molecular weight excluding hydrogens is 300 g/mol. The molecular formula is C19H22N4O. The number of carbonyl (C=O) groups excluding carboxylic acids is 1. The van der Waals surface area contributed by atoms with E-state index in [1.807, 2.05) is 20.0 Å². The maximum absolute atomic E-state index is 12.9. The number of benzene rings is 1. The van der Waals surface area contributed by atoms with Gasteiger partial charge in [0.1, 0.15) is 0 Å². The predicted octanol–water partition coefficient (Wildman–Crippen LogP) is 3.47. The third kappa shape index (κ3) is 3.02. The van der Waals surface area contributed by atoms with Crippen LogP contribution in [0.15, 0.2) is 36.5 Å². The molecule has 0 saturated heterocycles. The molecule has 0 aliphatic rings. The smallest absolute Gasteiger partial charge is 0.252 e. The van der Waals surface area contributed by atoms with E-state index in [2.05, 4.69) is 53.5 Å². The van der Waals surface area contributed by atoms with Crippen LogP contribution in [0.1, 0.15) is 46.6 Å². The summed E-state index contributed by atoms with van der Waals surface area (Å²) in [7, 11) is 1.83. The van der Waals surface area contributed by atoms with Crippen LogP contribution in [-0.4, -0.2) is 20.7 Å². The number of carbonyl (C=O) groups is 1. The van der Waals surface area contributed by atoms with E-state index < -0.39 is 0 Å². The third-order valence-electron chi connectivity index (χ3n) is 4.27. The number of aryl methyl sites for hydroxylation is 3. The molecule has 5 heteroatoms. The summed E-state index contributed by atoms with van der Waals surface area (Å²) in [5, 5.41) is 8.14. The topological polar surface area (TPSA) is 59.8 Å². The normalized spacial score (nSPS) is 12.3. The van der Waals surface area contributed by atoms with E-state index >= 15 is 0 Å². The molecule has 124 valence electrons. The molecule has 2 aromatic heterocycles. The van der Waals surface area contributed by atoms with Gasteiger partial charge in [-0.2, -0.15) is 5.10 Å². The van der Waals surface area contributed by atoms with Gasteiger partial charge >= 0.3 is 0 Å². The third-order valence-corrected chi connectivity index (χ3v) is 4.27. The fourth-order valence-electron chi connectivity index (χ4n) is 2.88. The van der Waals surface area contributed by atoms with Crippen molar-refractivity contribution in [2.45, 2.75) is 33.2 Å². The van der Waals surface area contributed by atoms with E-state index in [1.165, 1.54) is 5.56 Å². The summed E-state index contributed by atoms with van der Waals surface area (Å²) < 4.78 is 1.69. The van der Waals surface area contributed by atoms with E-state index in [0.717, 1.165) is 28.7 Å². The van der Waals surface area contributed by atoms with Gasteiger partial charge in [0, 0.05) is 12.7 Å². The zero-order valence-electron chi connectivity index (χ0n) is 14.5. The van der Waals surface area contributed by atoms with Crippen molar-refractivity contribution in [2.24, 2.45) is 7.05 Å². The molecule has 24 heavy (non-hydrogen) atoms. The van der Waals surface area contributed by atoms with Gasteiger partial charge in [0.15, 0.2) is 5.65 Å². The van der Waals surface area contributed by atoms with Gasteiger partial charge in [-0.05, 0) is 31.9 Å². The predicted molar refractivity (Wildman–Crippen MR) is 94.9 cm³/mol. The number of nitrogens with one attached hydrogen (secondary N) is 1. The molecule has 5 nitrogen and oxygen atoms in total. The molecule has 1 aromatic carbocycles. The summed E-state index contributed by atoms with van der Waals surface area (Å²) in [4.78, 5) is 17.3. The van der Waals surface area contributed by atoms with Gasteiger partial charge in [0.05, 0.1) is 23.2 Å². The van der Waals surface area contributed by atoms with Crippen LogP contribution in [0.3, 0.4) is 0 Å². The zero-order valence-corrected chi connectivity index (χ0v) is 14.5. The van der Waals surface area contributed by atoms with Crippen molar-refractivity contribution in [3.8, 4) is 0 Å². The van der Waals surface area contributed by atoms with Crippen LogP contribution < -0.4 is 5.32 Å². The Kier molecular flexibility index (Phi) is 4.34. The minimum absolute atomic E-state index is 0.0155. The second-order valence-corrected chi connectivity index (χ2v) is 6.16. The van der Waals surface area contributed by atoms with Gasteiger partial charge in [0.25, 0.3) is 5.91 Å². The maximum atomic E-state index is 12.9. The van der Waals surface area contributed by atoms with Crippen LogP contribution in [0.5, 0.6) is 0 Å². The first-order valence-electron chi connectivity index (χ1n) is 8.16. The molecule has 3 rings (SSSR count). The van der Waals surface area contributed by atoms with Crippen molar-refractivity contribution in [3.05, 3.63) is 58.9 Å². The highest BCUT2D eigenvalue weighted by atomic mass is 16.1. The highest BCUT2D eigenvalue weighted by molar-refractivity contribution is 6.05. The monoisotopic (exact) mass is 322 g/mol. The summed E-state index contributed by atoms with van der Waals surface area (Å²) in [6.45, 7) is 6.02. The Bertz CT molecular complexity index is 880. The molecule has 0 saturated carbocycles. The number of hydrogen-bond acceptors (Lipinski definition) is 3. The second kappa shape index (κ2) is 6.43. The zero-order chi connectivity index (χ0) is 17.3. The molecule has 1 amide bonds. The summed E-state index contributed by atoms with van der Waals surface area (Å²) in [5.74, 6) is -0.0917. The van der Waals surface area contributed by atoms with Crippen molar-refractivity contribution in [2.75, 3.05) is 0 Å². The second-order valence-electron chi connectivity index (χ2n) is 6.16. The molecule has 0 bridgehead atoms. The first-order chi connectivity index (χ1) is 11.5. The lowest BCUT2D eigenvalue weighted by molar-refractivity contribution is 0.0937. The minimum atomic E-state index is -0.0917. The Morgan fingerprint density at radius 2 is 1.96 bits per heavy atom. The van der Waals surface area contributed by atoms with Crippen LogP contribution in [0.25, 0.3) is 11.0 Å². The molecule has 2 heterocycles. The van der Waals surface area contributed by atoms with Gasteiger partial charge in [-0.25, -0.2) is 4.98 Å². The quantitative estimate of drug-likeness (QED) is 0.800. The highest BCUT2D eigenvalue weighted by Gasteiger charge is 2.18. The van der Waals surface area contributed by atoms with Crippen molar-refractivity contribution >= 4 is 16.9 Å². The van der Waals surface area contributed by atoms with E-state index in [4.69, 9.17) is 0 Å². The Morgan fingerprint density at radius 3 is 2.62 bits per heavy atom. The maximum Gasteiger partial charge on any atom is 0.252 e. The Balaban J connectivity index is 1.92. The molecule has 0 aliphatic heterocycles. The Labute approximate surface area is 141 Å². The largest absolute Gasteiger partial charge is 0.345 e. The Morgan fingerprint density at radius 1 is 1.25 bits per heavy atom. The first-order valence-corrected chi connectivity index (χ1v) is 8.16. The number of amides is 1. The average molecular weight is 322 g/mol. The SMILES string of the molecule is CCC(NC(=O)c1cc(C)nc2c1cnn2C)c1ccc(C)cc1. The van der Waals surface area contributed by atoms with Crippen LogP contribution in [0.4, 0.5) is 0 Å². The number of fused-ring (bicyclic) bond motifs is 1. The van der Waals surface area contributed by atoms with E-state index in [0.29, 0.717) is 5.56 Å². The van der Waals surface area contributed by atoms with Gasteiger partial charge in [-0.15, -0.1) is 0 Å². The van der Waals surface area contributed by atoms with E-state index in [1.54, 1.807) is 10.9 Å². The van der Waals surface area contributed by atoms with Crippen LogP contribution in [0, 0.1) is 13.8 Å². The number of pyridine rings is 1. The van der Waals surface area contributed by atoms with Crippen molar-refractivity contribution in [1.82, 2.24) is 20.1 Å². The van der Waals surface area contributed by atoms with Crippen molar-refractivity contribution in [1.29, 1.82) is 0 Å². The molecule has 0 radical (unpaired) electrons. The fourth-order valence-corrected chi connectivity index (χ4v) is 2.88. The molecule has 0 spiro atoms. The summed E-state index contributed by atoms with van der Waals surface area (Å²) in [6.07, 6.45) is 2.53. The lowest BCUT2D eigenvalue weighted by Crippen LogP contribution is -2.28. The fraction of sp³-hybridized carbons (Fsp3) is 0.316. The Hall–Kier alpha value is -2.69. The summed E-state index contributed by atoms with van der Waals surface area (Å²) in [5.41, 5.74) is 4.48. The molecule has 1 N–H and O–H groups in total. The molecule has 1 atom stereocenters. The minimum Gasteiger partial charge on any atom is -0.345 e. The standard InChI is InChI=1S/C19H22N4O/c1-5-17(14-8-6-12(2)7-9-14)22-19(24)15-10-13(3)21-18-16(15)11-20-23(18)4/h6-11,17H,5H2,1-4H3,(H,22,24). The average Bonchev–Trinajstić information content (AvgIpc) is 2.94. The van der Waals surface area contributed by atoms with Gasteiger partial charge < -0.3 is 5.32 Å². The number of hydrogen-bond donors (Lipinski definition) is 1. The number of rotatable bonds is 4. The highest BCUT2D eigenvalue weighted by Crippen LogP contribution is 2.21. The summed E-state index contributed by atoms with van der Waals surface area (Å²) in [6, 6.07) is 10.1. The van der Waals surface area contributed by atoms with E-state index in [-0.39, 0.29) is 11.9 Å². The van der Waals surface area contributed by atoms with Crippen LogP contribution in [-0.2, 0) is 7.05 Å². The summed E-state index contributed by atoms with van der Waals surface area (Å²) >= 11 is 0. The van der Waals surface area contributed by atoms with Crippen molar-refractivity contribution < 1.29 is 4.79 Å². The van der Waals surface area contributed by atoms with Gasteiger partial charge in [-0.1, -0.05) is 36.8 Å². The van der Waals surface area contributed by atoms with E-state index in [9.17, 15) is 4.79 Å². The number of nitrogens with zero attached hydrogens (tertiary/aromatic N) is 3. The van der Waals surface area contributed by atoms with Gasteiger partial charge in [-0.3, -0.25) is 9.48 Å². The van der Waals surface area contributed by atoms with Crippen LogP contribution >= 0.6 is 0 Å². The lowest BCUT2D eigenvalue weighted by atomic mass is 10.0. The number of aromatic nitrogens is 3. The lowest BCUT2D eigenvalue weighted by Gasteiger charge is -2.18. The van der Waals surface area contributed by atoms with Gasteiger partial charge in [0.2, 0.25) is 0 Å². The van der Waals surface area contributed by atoms with Crippen LogP contribution in [0.2, 0.25) is 0 Å².